The fourth-order valence-electron chi connectivity index (χ4n) is 2.40. The van der Waals surface area contributed by atoms with Gasteiger partial charge in [0.1, 0.15) is 11.5 Å². The number of nitrogens with zero attached hydrogens (tertiary/aromatic N) is 1. The van der Waals surface area contributed by atoms with Gasteiger partial charge in [-0.25, -0.2) is 0 Å². The summed E-state index contributed by atoms with van der Waals surface area (Å²) < 4.78 is 16.5. The maximum atomic E-state index is 12.7. The molecule has 2 aromatic carbocycles. The number of fused-ring (bicyclic) bond motifs is 1. The predicted molar refractivity (Wildman–Crippen MR) is 90.9 cm³/mol. The summed E-state index contributed by atoms with van der Waals surface area (Å²) in [5.41, 5.74) is 4.15. The van der Waals surface area contributed by atoms with Crippen LogP contribution in [-0.4, -0.2) is 31.5 Å². The van der Waals surface area contributed by atoms with Gasteiger partial charge in [-0.2, -0.15) is 5.10 Å². The van der Waals surface area contributed by atoms with Crippen molar-refractivity contribution in [2.45, 2.75) is 13.2 Å². The molecule has 24 heavy (non-hydrogen) atoms. The molecule has 124 valence electrons. The van der Waals surface area contributed by atoms with Crippen molar-refractivity contribution in [3.8, 4) is 11.5 Å². The van der Waals surface area contributed by atoms with Crippen LogP contribution in [0.5, 0.6) is 11.5 Å². The van der Waals surface area contributed by atoms with Gasteiger partial charge in [-0.15, -0.1) is 0 Å². The van der Waals surface area contributed by atoms with Gasteiger partial charge in [0.05, 0.1) is 18.4 Å². The van der Waals surface area contributed by atoms with Gasteiger partial charge in [-0.3, -0.25) is 10.2 Å². The van der Waals surface area contributed by atoms with E-state index >= 15 is 0 Å². The second kappa shape index (κ2) is 7.14. The fraction of sp³-hybridized carbons (Fsp3) is 0.222. The lowest BCUT2D eigenvalue weighted by molar-refractivity contribution is -0.0286. The van der Waals surface area contributed by atoms with Crippen molar-refractivity contribution in [3.63, 3.8) is 0 Å². The molecule has 0 aromatic heterocycles. The number of carbonyl (C=O) groups excluding carboxylic acids is 1. The molecule has 1 aliphatic heterocycles. The Kier molecular flexibility index (Phi) is 4.77. The van der Waals surface area contributed by atoms with E-state index in [1.807, 2.05) is 25.1 Å². The van der Waals surface area contributed by atoms with Crippen molar-refractivity contribution in [2.24, 2.45) is 5.10 Å². The molecule has 0 radical (unpaired) electrons. The Morgan fingerprint density at radius 2 is 1.92 bits per heavy atom. The highest BCUT2D eigenvalue weighted by atomic mass is 16.7. The summed E-state index contributed by atoms with van der Waals surface area (Å²) in [5.74, 6) is 0.897. The molecule has 0 aliphatic carbocycles. The van der Waals surface area contributed by atoms with Gasteiger partial charge in [0.2, 0.25) is 12.1 Å². The van der Waals surface area contributed by atoms with Crippen LogP contribution in [0.4, 0.5) is 5.69 Å². The molecule has 3 rings (SSSR count). The summed E-state index contributed by atoms with van der Waals surface area (Å²) in [4.78, 5) is 12.7. The highest BCUT2D eigenvalue weighted by molar-refractivity contribution is 6.48. The van der Waals surface area contributed by atoms with Gasteiger partial charge >= 0.3 is 0 Å². The first-order chi connectivity index (χ1) is 11.7. The van der Waals surface area contributed by atoms with Crippen LogP contribution in [0.25, 0.3) is 0 Å². The smallest absolute Gasteiger partial charge is 0.249 e. The van der Waals surface area contributed by atoms with E-state index in [-0.39, 0.29) is 11.5 Å². The molecule has 1 atom stereocenters. The second-order valence-corrected chi connectivity index (χ2v) is 5.04. The van der Waals surface area contributed by atoms with Crippen LogP contribution in [0.15, 0.2) is 53.6 Å². The molecule has 0 bridgehead atoms. The number of carbonyl (C=O) groups is 1. The van der Waals surface area contributed by atoms with E-state index in [0.29, 0.717) is 29.4 Å². The van der Waals surface area contributed by atoms with Gasteiger partial charge in [0.15, 0.2) is 5.71 Å². The number of para-hydroxylation sites is 3. The van der Waals surface area contributed by atoms with Gasteiger partial charge in [-0.05, 0) is 31.2 Å². The van der Waals surface area contributed by atoms with Crippen LogP contribution in [0.2, 0.25) is 0 Å². The first-order valence-electron chi connectivity index (χ1n) is 7.63. The zero-order chi connectivity index (χ0) is 16.9. The Morgan fingerprint density at radius 3 is 2.71 bits per heavy atom. The van der Waals surface area contributed by atoms with Gasteiger partial charge < -0.3 is 14.2 Å². The average molecular weight is 326 g/mol. The van der Waals surface area contributed by atoms with E-state index in [0.717, 1.165) is 0 Å². The fourth-order valence-corrected chi connectivity index (χ4v) is 2.40. The van der Waals surface area contributed by atoms with Crippen molar-refractivity contribution in [1.29, 1.82) is 0 Å². The summed E-state index contributed by atoms with van der Waals surface area (Å²) in [6.45, 7) is 2.23. The van der Waals surface area contributed by atoms with Gasteiger partial charge in [0, 0.05) is 6.61 Å². The number of hydrazone groups is 1. The summed E-state index contributed by atoms with van der Waals surface area (Å²) in [5, 5.41) is 4.23. The third-order valence-corrected chi connectivity index (χ3v) is 3.54. The normalized spacial score (nSPS) is 18.0. The van der Waals surface area contributed by atoms with Crippen LogP contribution in [-0.2, 0) is 4.74 Å². The lowest BCUT2D eigenvalue weighted by Gasteiger charge is -2.26. The van der Waals surface area contributed by atoms with Crippen LogP contribution in [0, 0.1) is 0 Å². The quantitative estimate of drug-likeness (QED) is 0.855. The number of ketones is 1. The molecule has 0 fully saturated rings. The molecule has 6 nitrogen and oxygen atoms in total. The molecule has 1 aliphatic rings. The average Bonchev–Trinajstić information content (AvgIpc) is 2.62. The van der Waals surface area contributed by atoms with Crippen molar-refractivity contribution in [1.82, 2.24) is 0 Å². The van der Waals surface area contributed by atoms with Crippen molar-refractivity contribution >= 4 is 17.2 Å². The zero-order valence-electron chi connectivity index (χ0n) is 13.5. The minimum Gasteiger partial charge on any atom is -0.495 e. The van der Waals surface area contributed by atoms with Gasteiger partial charge in [-0.1, -0.05) is 24.3 Å². The van der Waals surface area contributed by atoms with Crippen LogP contribution >= 0.6 is 0 Å². The first kappa shape index (κ1) is 16.0. The Bertz CT molecular complexity index is 773. The van der Waals surface area contributed by atoms with E-state index in [2.05, 4.69) is 10.5 Å². The Hall–Kier alpha value is -2.86. The van der Waals surface area contributed by atoms with Crippen molar-refractivity contribution < 1.29 is 19.0 Å². The van der Waals surface area contributed by atoms with Crippen molar-refractivity contribution in [2.75, 3.05) is 19.1 Å². The monoisotopic (exact) mass is 326 g/mol. The number of Topliss-reactive ketones (excluding diaryl/α,β-unsaturated/α-hetero) is 1. The molecule has 1 heterocycles. The number of hydrogen-bond donors (Lipinski definition) is 1. The van der Waals surface area contributed by atoms with E-state index in [9.17, 15) is 4.79 Å². The topological polar surface area (TPSA) is 69.2 Å². The molecular weight excluding hydrogens is 308 g/mol. The number of hydrogen-bond acceptors (Lipinski definition) is 6. The number of methoxy groups -OCH3 is 1. The van der Waals surface area contributed by atoms with E-state index in [1.165, 1.54) is 0 Å². The predicted octanol–water partition coefficient (Wildman–Crippen LogP) is 3.10. The third-order valence-electron chi connectivity index (χ3n) is 3.54. The minimum absolute atomic E-state index is 0.168. The molecule has 1 unspecified atom stereocenters. The molecular formula is C18H18N2O4. The largest absolute Gasteiger partial charge is 0.495 e. The number of benzene rings is 2. The summed E-state index contributed by atoms with van der Waals surface area (Å²) in [7, 11) is 1.57. The van der Waals surface area contributed by atoms with Gasteiger partial charge in [0.25, 0.3) is 0 Å². The molecule has 1 N–H and O–H groups in total. The molecule has 0 amide bonds. The van der Waals surface area contributed by atoms with E-state index in [1.54, 1.807) is 37.4 Å². The highest BCUT2D eigenvalue weighted by Crippen LogP contribution is 2.28. The Labute approximate surface area is 140 Å². The summed E-state index contributed by atoms with van der Waals surface area (Å²) in [6.07, 6.45) is -0.848. The number of nitrogens with one attached hydrogen (secondary N) is 1. The third kappa shape index (κ3) is 3.09. The van der Waals surface area contributed by atoms with Crippen molar-refractivity contribution in [3.05, 3.63) is 54.1 Å². The van der Waals surface area contributed by atoms with Crippen LogP contribution in [0.3, 0.4) is 0 Å². The lowest BCUT2D eigenvalue weighted by Crippen LogP contribution is -2.40. The standard InChI is InChI=1S/C18H18N2O4/c1-3-23-18-16(17(21)12-8-4-6-10-14(12)24-18)20-19-13-9-5-7-11-15(13)22-2/h4-11,18-19H,3H2,1-2H3/b20-16-. The molecule has 0 spiro atoms. The maximum Gasteiger partial charge on any atom is 0.249 e. The first-order valence-corrected chi connectivity index (χ1v) is 7.63. The SMILES string of the molecule is CCOC1Oc2ccccc2C(=O)/C1=N/Nc1ccccc1OC. The van der Waals surface area contributed by atoms with E-state index in [4.69, 9.17) is 14.2 Å². The minimum atomic E-state index is -0.848. The number of rotatable bonds is 5. The lowest BCUT2D eigenvalue weighted by atomic mass is 10.0. The molecule has 6 heteroatoms. The number of anilines is 1. The zero-order valence-corrected chi connectivity index (χ0v) is 13.5. The summed E-state index contributed by atoms with van der Waals surface area (Å²) in [6, 6.07) is 14.3. The number of ether oxygens (including phenoxy) is 3. The molecule has 2 aromatic rings. The Morgan fingerprint density at radius 1 is 1.17 bits per heavy atom. The highest BCUT2D eigenvalue weighted by Gasteiger charge is 2.34. The second-order valence-electron chi connectivity index (χ2n) is 5.04. The molecule has 0 saturated carbocycles. The van der Waals surface area contributed by atoms with Crippen LogP contribution in [0.1, 0.15) is 17.3 Å². The molecule has 0 saturated heterocycles. The van der Waals surface area contributed by atoms with E-state index < -0.39 is 6.29 Å². The van der Waals surface area contributed by atoms with Crippen LogP contribution < -0.4 is 14.9 Å². The Balaban J connectivity index is 1.93. The maximum absolute atomic E-state index is 12.7. The summed E-state index contributed by atoms with van der Waals surface area (Å²) >= 11 is 0.